The zero-order chi connectivity index (χ0) is 20.6. The molecule has 2 saturated heterocycles. The van der Waals surface area contributed by atoms with Crippen LogP contribution in [0.4, 0.5) is 5.82 Å². The molecule has 6 nitrogen and oxygen atoms in total. The molecule has 1 aromatic heterocycles. The van der Waals surface area contributed by atoms with Gasteiger partial charge in [0.05, 0.1) is 7.11 Å². The van der Waals surface area contributed by atoms with Gasteiger partial charge in [0.1, 0.15) is 12.4 Å². The predicted molar refractivity (Wildman–Crippen MR) is 121 cm³/mol. The Morgan fingerprint density at radius 2 is 1.73 bits per heavy atom. The van der Waals surface area contributed by atoms with Crippen LogP contribution in [-0.4, -0.2) is 80.9 Å². The number of piperidine rings is 1. The molecule has 3 heterocycles. The van der Waals surface area contributed by atoms with Gasteiger partial charge in [-0.25, -0.2) is 4.98 Å². The number of methoxy groups -OCH3 is 1. The highest BCUT2D eigenvalue weighted by molar-refractivity contribution is 5.39. The van der Waals surface area contributed by atoms with Crippen molar-refractivity contribution in [3.05, 3.63) is 48.7 Å². The first-order valence-corrected chi connectivity index (χ1v) is 11.2. The van der Waals surface area contributed by atoms with Gasteiger partial charge in [-0.15, -0.1) is 0 Å². The van der Waals surface area contributed by atoms with Crippen molar-refractivity contribution in [1.29, 1.82) is 0 Å². The van der Waals surface area contributed by atoms with Gasteiger partial charge in [0, 0.05) is 52.0 Å². The highest BCUT2D eigenvalue weighted by Crippen LogP contribution is 2.26. The third-order valence-corrected chi connectivity index (χ3v) is 6.20. The van der Waals surface area contributed by atoms with Gasteiger partial charge in [-0.2, -0.15) is 0 Å². The second kappa shape index (κ2) is 10.6. The van der Waals surface area contributed by atoms with Gasteiger partial charge < -0.3 is 14.4 Å². The number of hydrogen-bond acceptors (Lipinski definition) is 6. The summed E-state index contributed by atoms with van der Waals surface area (Å²) < 4.78 is 11.4. The summed E-state index contributed by atoms with van der Waals surface area (Å²) in [7, 11) is 1.69. The summed E-state index contributed by atoms with van der Waals surface area (Å²) >= 11 is 0. The van der Waals surface area contributed by atoms with E-state index in [9.17, 15) is 0 Å². The van der Waals surface area contributed by atoms with E-state index in [2.05, 4.69) is 31.8 Å². The van der Waals surface area contributed by atoms with Crippen molar-refractivity contribution < 1.29 is 9.47 Å². The van der Waals surface area contributed by atoms with Gasteiger partial charge in [-0.3, -0.25) is 9.80 Å². The number of pyridine rings is 1. The Labute approximate surface area is 180 Å². The number of nitrogens with zero attached hydrogens (tertiary/aromatic N) is 4. The summed E-state index contributed by atoms with van der Waals surface area (Å²) in [6.45, 7) is 9.64. The summed E-state index contributed by atoms with van der Waals surface area (Å²) in [5.74, 6) is 3.50. The van der Waals surface area contributed by atoms with Crippen molar-refractivity contribution in [3.63, 3.8) is 0 Å². The lowest BCUT2D eigenvalue weighted by Gasteiger charge is -2.39. The van der Waals surface area contributed by atoms with Crippen LogP contribution in [0.1, 0.15) is 12.8 Å². The first kappa shape index (κ1) is 20.9. The summed E-state index contributed by atoms with van der Waals surface area (Å²) in [4.78, 5) is 12.1. The predicted octanol–water partition coefficient (Wildman–Crippen LogP) is 3.00. The molecule has 0 radical (unpaired) electrons. The van der Waals surface area contributed by atoms with E-state index in [-0.39, 0.29) is 0 Å². The number of piperazine rings is 1. The fourth-order valence-electron chi connectivity index (χ4n) is 4.59. The van der Waals surface area contributed by atoms with E-state index in [0.29, 0.717) is 6.61 Å². The Bertz CT molecular complexity index is 765. The molecule has 0 amide bonds. The molecule has 162 valence electrons. The lowest BCUT2D eigenvalue weighted by molar-refractivity contribution is 0.115. The van der Waals surface area contributed by atoms with Gasteiger partial charge in [0.25, 0.3) is 0 Å². The third-order valence-electron chi connectivity index (χ3n) is 6.20. The maximum absolute atomic E-state index is 5.98. The average Bonchev–Trinajstić information content (AvgIpc) is 2.81. The SMILES string of the molecule is COc1ccccc1OCCN1CCCC(CN2CCN(c3ccccn3)CC2)C1. The molecule has 0 aliphatic carbocycles. The maximum atomic E-state index is 5.98. The Morgan fingerprint density at radius 1 is 0.933 bits per heavy atom. The minimum Gasteiger partial charge on any atom is -0.493 e. The number of para-hydroxylation sites is 2. The van der Waals surface area contributed by atoms with Gasteiger partial charge in [-0.05, 0) is 49.6 Å². The minimum atomic E-state index is 0.704. The summed E-state index contributed by atoms with van der Waals surface area (Å²) in [5.41, 5.74) is 0. The smallest absolute Gasteiger partial charge is 0.161 e. The van der Waals surface area contributed by atoms with Crippen LogP contribution in [0.2, 0.25) is 0 Å². The highest BCUT2D eigenvalue weighted by Gasteiger charge is 2.24. The van der Waals surface area contributed by atoms with Crippen molar-refractivity contribution in [2.45, 2.75) is 12.8 Å². The summed E-state index contributed by atoms with van der Waals surface area (Å²) in [6, 6.07) is 14.0. The van der Waals surface area contributed by atoms with Crippen molar-refractivity contribution in [1.82, 2.24) is 14.8 Å². The highest BCUT2D eigenvalue weighted by atomic mass is 16.5. The zero-order valence-corrected chi connectivity index (χ0v) is 18.1. The van der Waals surface area contributed by atoms with E-state index in [1.807, 2.05) is 36.5 Å². The molecule has 6 heteroatoms. The number of rotatable bonds is 8. The van der Waals surface area contributed by atoms with Crippen molar-refractivity contribution in [3.8, 4) is 11.5 Å². The Hall–Kier alpha value is -2.31. The van der Waals surface area contributed by atoms with Crippen LogP contribution in [0.5, 0.6) is 11.5 Å². The molecule has 30 heavy (non-hydrogen) atoms. The molecule has 0 saturated carbocycles. The Balaban J connectivity index is 1.18. The van der Waals surface area contributed by atoms with Crippen LogP contribution < -0.4 is 14.4 Å². The molecule has 4 rings (SSSR count). The minimum absolute atomic E-state index is 0.704. The number of ether oxygens (including phenoxy) is 2. The number of aromatic nitrogens is 1. The zero-order valence-electron chi connectivity index (χ0n) is 18.1. The van der Waals surface area contributed by atoms with Gasteiger partial charge >= 0.3 is 0 Å². The van der Waals surface area contributed by atoms with E-state index in [4.69, 9.17) is 9.47 Å². The molecule has 1 unspecified atom stereocenters. The topological polar surface area (TPSA) is 41.1 Å². The van der Waals surface area contributed by atoms with E-state index < -0.39 is 0 Å². The lowest BCUT2D eigenvalue weighted by Crippen LogP contribution is -2.50. The van der Waals surface area contributed by atoms with Crippen LogP contribution in [0, 0.1) is 5.92 Å². The average molecular weight is 411 g/mol. The normalized spacial score (nSPS) is 20.8. The molecule has 0 spiro atoms. The van der Waals surface area contributed by atoms with Crippen molar-refractivity contribution in [2.75, 3.05) is 71.0 Å². The van der Waals surface area contributed by atoms with Crippen molar-refractivity contribution >= 4 is 5.82 Å². The molecule has 1 atom stereocenters. The molecule has 2 fully saturated rings. The van der Waals surface area contributed by atoms with Gasteiger partial charge in [0.15, 0.2) is 11.5 Å². The van der Waals surface area contributed by atoms with E-state index in [1.165, 1.54) is 32.5 Å². The van der Waals surface area contributed by atoms with Crippen LogP contribution in [0.25, 0.3) is 0 Å². The standard InChI is InChI=1S/C24H34N4O2/c1-29-22-8-2-3-9-23(22)30-18-17-26-12-6-7-21(19-26)20-27-13-15-28(16-14-27)24-10-4-5-11-25-24/h2-5,8-11,21H,6-7,12-20H2,1H3. The fourth-order valence-corrected chi connectivity index (χ4v) is 4.59. The molecule has 2 aliphatic rings. The Morgan fingerprint density at radius 3 is 2.50 bits per heavy atom. The van der Waals surface area contributed by atoms with Crippen LogP contribution in [0.15, 0.2) is 48.7 Å². The molecule has 2 aliphatic heterocycles. The molecule has 2 aromatic rings. The molecular formula is C24H34N4O2. The monoisotopic (exact) mass is 410 g/mol. The van der Waals surface area contributed by atoms with Crippen LogP contribution in [-0.2, 0) is 0 Å². The number of hydrogen-bond donors (Lipinski definition) is 0. The first-order valence-electron chi connectivity index (χ1n) is 11.2. The summed E-state index contributed by atoms with van der Waals surface area (Å²) in [6.07, 6.45) is 4.51. The van der Waals surface area contributed by atoms with Crippen LogP contribution in [0.3, 0.4) is 0 Å². The second-order valence-electron chi connectivity index (χ2n) is 8.28. The van der Waals surface area contributed by atoms with E-state index >= 15 is 0 Å². The van der Waals surface area contributed by atoms with Gasteiger partial charge in [-0.1, -0.05) is 18.2 Å². The molecule has 0 bridgehead atoms. The number of likely N-dealkylation sites (tertiary alicyclic amines) is 1. The number of anilines is 1. The quantitative estimate of drug-likeness (QED) is 0.666. The number of benzene rings is 1. The lowest BCUT2D eigenvalue weighted by atomic mass is 9.97. The van der Waals surface area contributed by atoms with E-state index in [1.54, 1.807) is 7.11 Å². The molecule has 1 aromatic carbocycles. The third kappa shape index (κ3) is 5.64. The Kier molecular flexibility index (Phi) is 7.43. The largest absolute Gasteiger partial charge is 0.493 e. The first-order chi connectivity index (χ1) is 14.8. The molecular weight excluding hydrogens is 376 g/mol. The van der Waals surface area contributed by atoms with Gasteiger partial charge in [0.2, 0.25) is 0 Å². The fraction of sp³-hybridized carbons (Fsp3) is 0.542. The maximum Gasteiger partial charge on any atom is 0.161 e. The van der Waals surface area contributed by atoms with E-state index in [0.717, 1.165) is 56.0 Å². The second-order valence-corrected chi connectivity index (χ2v) is 8.28. The summed E-state index contributed by atoms with van der Waals surface area (Å²) in [5, 5.41) is 0. The molecule has 0 N–H and O–H groups in total. The van der Waals surface area contributed by atoms with Crippen molar-refractivity contribution in [2.24, 2.45) is 5.92 Å². The van der Waals surface area contributed by atoms with Crippen LogP contribution >= 0.6 is 0 Å².